The molecule has 2 heteroatoms. The second kappa shape index (κ2) is 2.67. The van der Waals surface area contributed by atoms with Gasteiger partial charge in [-0.2, -0.15) is 5.10 Å². The highest BCUT2D eigenvalue weighted by molar-refractivity contribution is 4.79. The fourth-order valence-electron chi connectivity index (χ4n) is 0.728. The first kappa shape index (κ1) is 6.33. The van der Waals surface area contributed by atoms with Gasteiger partial charge in [-0.1, -0.05) is 6.92 Å². The Balaban J connectivity index is 2.65. The van der Waals surface area contributed by atoms with Gasteiger partial charge in [0.2, 0.25) is 0 Å². The monoisotopic (exact) mass is 124 g/mol. The molecule has 0 saturated carbocycles. The van der Waals surface area contributed by atoms with Crippen LogP contribution < -0.4 is 0 Å². The lowest BCUT2D eigenvalue weighted by Crippen LogP contribution is -2.03. The maximum absolute atomic E-state index is 4.10. The van der Waals surface area contributed by atoms with E-state index in [1.54, 1.807) is 0 Å². The summed E-state index contributed by atoms with van der Waals surface area (Å²) in [7, 11) is 0. The molecule has 0 radical (unpaired) electrons. The van der Waals surface area contributed by atoms with E-state index in [0.29, 0.717) is 6.04 Å². The molecule has 0 fully saturated rings. The van der Waals surface area contributed by atoms with Crippen LogP contribution in [0.5, 0.6) is 0 Å². The van der Waals surface area contributed by atoms with Crippen molar-refractivity contribution in [2.24, 2.45) is 0 Å². The number of aromatic nitrogens is 2. The van der Waals surface area contributed by atoms with E-state index in [0.717, 1.165) is 6.42 Å². The van der Waals surface area contributed by atoms with E-state index in [1.165, 1.54) is 0 Å². The molecule has 1 atom stereocenters. The predicted molar refractivity (Wildman–Crippen MR) is 37.2 cm³/mol. The van der Waals surface area contributed by atoms with Crippen LogP contribution in [0.3, 0.4) is 0 Å². The Kier molecular flexibility index (Phi) is 1.88. The first-order valence-corrected chi connectivity index (χ1v) is 3.33. The molecule has 0 aliphatic carbocycles. The van der Waals surface area contributed by atoms with Crippen LogP contribution in [0.25, 0.3) is 0 Å². The third-order valence-corrected chi connectivity index (χ3v) is 1.57. The molecule has 0 N–H and O–H groups in total. The largest absolute Gasteiger partial charge is 0.270 e. The van der Waals surface area contributed by atoms with Crippen LogP contribution in [0.4, 0.5) is 0 Å². The smallest absolute Gasteiger partial charge is 0.0489 e. The van der Waals surface area contributed by atoms with Crippen LogP contribution >= 0.6 is 0 Å². The van der Waals surface area contributed by atoms with Crippen molar-refractivity contribution >= 4 is 0 Å². The van der Waals surface area contributed by atoms with Crippen molar-refractivity contribution in [3.05, 3.63) is 18.5 Å². The van der Waals surface area contributed by atoms with Gasteiger partial charge in [0, 0.05) is 18.4 Å². The minimum absolute atomic E-state index is 0.542. The van der Waals surface area contributed by atoms with Gasteiger partial charge in [0.15, 0.2) is 0 Å². The lowest BCUT2D eigenvalue weighted by molar-refractivity contribution is 0.478. The van der Waals surface area contributed by atoms with Crippen LogP contribution in [-0.4, -0.2) is 9.78 Å². The SMILES string of the molecule is CCC(C)n1cccn1. The highest BCUT2D eigenvalue weighted by Crippen LogP contribution is 2.05. The number of hydrogen-bond donors (Lipinski definition) is 0. The molecule has 0 bridgehead atoms. The Labute approximate surface area is 55.5 Å². The average Bonchev–Trinajstić information content (AvgIpc) is 2.37. The molecule has 0 saturated heterocycles. The van der Waals surface area contributed by atoms with Crippen LogP contribution in [-0.2, 0) is 0 Å². The van der Waals surface area contributed by atoms with Crippen molar-refractivity contribution in [1.29, 1.82) is 0 Å². The van der Waals surface area contributed by atoms with Crippen LogP contribution in [0, 0.1) is 0 Å². The van der Waals surface area contributed by atoms with Gasteiger partial charge in [0.1, 0.15) is 0 Å². The summed E-state index contributed by atoms with van der Waals surface area (Å²) < 4.78 is 1.97. The van der Waals surface area contributed by atoms with E-state index in [4.69, 9.17) is 0 Å². The van der Waals surface area contributed by atoms with Crippen molar-refractivity contribution in [3.63, 3.8) is 0 Å². The highest BCUT2D eigenvalue weighted by Gasteiger charge is 1.97. The molecule has 1 unspecified atom stereocenters. The molecule has 1 aromatic heterocycles. The van der Waals surface area contributed by atoms with Crippen LogP contribution in [0.1, 0.15) is 26.3 Å². The van der Waals surface area contributed by atoms with E-state index < -0.39 is 0 Å². The summed E-state index contributed by atoms with van der Waals surface area (Å²) in [4.78, 5) is 0. The van der Waals surface area contributed by atoms with Crippen molar-refractivity contribution in [1.82, 2.24) is 9.78 Å². The molecule has 1 aromatic rings. The maximum Gasteiger partial charge on any atom is 0.0489 e. The fraction of sp³-hybridized carbons (Fsp3) is 0.571. The molecule has 50 valence electrons. The van der Waals surface area contributed by atoms with Gasteiger partial charge in [-0.3, -0.25) is 4.68 Å². The average molecular weight is 124 g/mol. The molecule has 9 heavy (non-hydrogen) atoms. The molecular formula is C7H12N2. The third kappa shape index (κ3) is 1.31. The van der Waals surface area contributed by atoms with Crippen molar-refractivity contribution in [2.45, 2.75) is 26.3 Å². The fourth-order valence-corrected chi connectivity index (χ4v) is 0.728. The van der Waals surface area contributed by atoms with Gasteiger partial charge in [0.25, 0.3) is 0 Å². The first-order valence-electron chi connectivity index (χ1n) is 3.33. The third-order valence-electron chi connectivity index (χ3n) is 1.57. The van der Waals surface area contributed by atoms with Crippen molar-refractivity contribution in [2.75, 3.05) is 0 Å². The minimum Gasteiger partial charge on any atom is -0.270 e. The summed E-state index contributed by atoms with van der Waals surface area (Å²) in [5, 5.41) is 4.10. The summed E-state index contributed by atoms with van der Waals surface area (Å²) in [6.45, 7) is 4.32. The van der Waals surface area contributed by atoms with Gasteiger partial charge in [-0.15, -0.1) is 0 Å². The summed E-state index contributed by atoms with van der Waals surface area (Å²) in [5.74, 6) is 0. The van der Waals surface area contributed by atoms with Gasteiger partial charge in [0.05, 0.1) is 0 Å². The highest BCUT2D eigenvalue weighted by atomic mass is 15.3. The summed E-state index contributed by atoms with van der Waals surface area (Å²) >= 11 is 0. The zero-order chi connectivity index (χ0) is 6.69. The van der Waals surface area contributed by atoms with E-state index in [2.05, 4.69) is 18.9 Å². The number of hydrogen-bond acceptors (Lipinski definition) is 1. The van der Waals surface area contributed by atoms with Gasteiger partial charge >= 0.3 is 0 Å². The van der Waals surface area contributed by atoms with E-state index >= 15 is 0 Å². The van der Waals surface area contributed by atoms with E-state index in [1.807, 2.05) is 23.1 Å². The Morgan fingerprint density at radius 1 is 1.67 bits per heavy atom. The summed E-state index contributed by atoms with van der Waals surface area (Å²) in [5.41, 5.74) is 0. The normalized spacial score (nSPS) is 13.6. The number of rotatable bonds is 2. The van der Waals surface area contributed by atoms with Crippen LogP contribution in [0.2, 0.25) is 0 Å². The Morgan fingerprint density at radius 2 is 2.44 bits per heavy atom. The molecule has 1 rings (SSSR count). The van der Waals surface area contributed by atoms with Crippen LogP contribution in [0.15, 0.2) is 18.5 Å². The second-order valence-corrected chi connectivity index (χ2v) is 2.24. The summed E-state index contributed by atoms with van der Waals surface area (Å²) in [6, 6.07) is 2.49. The minimum atomic E-state index is 0.542. The topological polar surface area (TPSA) is 17.8 Å². The van der Waals surface area contributed by atoms with Gasteiger partial charge in [-0.25, -0.2) is 0 Å². The molecule has 0 amide bonds. The molecule has 1 heterocycles. The standard InChI is InChI=1S/C7H12N2/c1-3-7(2)9-6-4-5-8-9/h4-7H,3H2,1-2H3. The first-order chi connectivity index (χ1) is 4.34. The zero-order valence-corrected chi connectivity index (χ0v) is 5.91. The molecule has 2 nitrogen and oxygen atoms in total. The van der Waals surface area contributed by atoms with Gasteiger partial charge < -0.3 is 0 Å². The molecule has 0 aromatic carbocycles. The Morgan fingerprint density at radius 3 is 2.89 bits per heavy atom. The molecule has 0 spiro atoms. The molecule has 0 aliphatic heterocycles. The summed E-state index contributed by atoms with van der Waals surface area (Å²) in [6.07, 6.45) is 4.95. The second-order valence-electron chi connectivity index (χ2n) is 2.24. The van der Waals surface area contributed by atoms with E-state index in [-0.39, 0.29) is 0 Å². The quantitative estimate of drug-likeness (QED) is 0.588. The lowest BCUT2D eigenvalue weighted by atomic mass is 10.3. The Bertz CT molecular complexity index is 155. The zero-order valence-electron chi connectivity index (χ0n) is 5.91. The maximum atomic E-state index is 4.10. The van der Waals surface area contributed by atoms with Crippen molar-refractivity contribution in [3.8, 4) is 0 Å². The van der Waals surface area contributed by atoms with Gasteiger partial charge in [-0.05, 0) is 19.4 Å². The van der Waals surface area contributed by atoms with Crippen molar-refractivity contribution < 1.29 is 0 Å². The molecule has 0 aliphatic rings. The molecular weight excluding hydrogens is 112 g/mol. The number of nitrogens with zero attached hydrogens (tertiary/aromatic N) is 2. The lowest BCUT2D eigenvalue weighted by Gasteiger charge is -2.06. The predicted octanol–water partition coefficient (Wildman–Crippen LogP) is 1.85. The van der Waals surface area contributed by atoms with E-state index in [9.17, 15) is 0 Å². The Hall–Kier alpha value is -0.790.